The van der Waals surface area contributed by atoms with Gasteiger partial charge in [-0.25, -0.2) is 4.18 Å². The molecule has 0 saturated heterocycles. The second-order valence-corrected chi connectivity index (χ2v) is 5.00. The zero-order valence-electron chi connectivity index (χ0n) is 9.79. The Hall–Kier alpha value is -0.950. The second-order valence-electron chi connectivity index (χ2n) is 3.43. The van der Waals surface area contributed by atoms with Gasteiger partial charge in [-0.05, 0) is 26.0 Å². The lowest BCUT2D eigenvalue weighted by Crippen LogP contribution is -2.25. The molecular formula is C11H16O5S. The van der Waals surface area contributed by atoms with E-state index in [9.17, 15) is 8.42 Å². The van der Waals surface area contributed by atoms with E-state index in [1.54, 1.807) is 19.1 Å². The van der Waals surface area contributed by atoms with Crippen molar-refractivity contribution >= 4 is 10.1 Å². The SMILES string of the molecule is CCOC(CO)OS(=O)(=O)c1ccc(C)cc1. The van der Waals surface area contributed by atoms with Crippen LogP contribution in [0, 0.1) is 6.92 Å². The number of ether oxygens (including phenoxy) is 1. The van der Waals surface area contributed by atoms with Gasteiger partial charge in [0.05, 0.1) is 11.5 Å². The number of aliphatic hydroxyl groups is 1. The molecule has 0 fully saturated rings. The maximum absolute atomic E-state index is 11.8. The van der Waals surface area contributed by atoms with E-state index in [1.165, 1.54) is 12.1 Å². The number of aliphatic hydroxyl groups excluding tert-OH is 1. The van der Waals surface area contributed by atoms with Crippen LogP contribution in [-0.2, 0) is 19.0 Å². The highest BCUT2D eigenvalue weighted by Crippen LogP contribution is 2.15. The van der Waals surface area contributed by atoms with Crippen molar-refractivity contribution in [3.8, 4) is 0 Å². The van der Waals surface area contributed by atoms with Gasteiger partial charge in [0.1, 0.15) is 0 Å². The molecule has 0 bridgehead atoms. The van der Waals surface area contributed by atoms with Gasteiger partial charge in [0.2, 0.25) is 0 Å². The molecule has 1 atom stereocenters. The molecule has 0 aliphatic heterocycles. The Labute approximate surface area is 101 Å². The molecule has 1 aromatic rings. The van der Waals surface area contributed by atoms with Crippen LogP contribution in [-0.4, -0.2) is 33.0 Å². The Morgan fingerprint density at radius 1 is 1.29 bits per heavy atom. The molecule has 0 amide bonds. The Morgan fingerprint density at radius 3 is 2.35 bits per heavy atom. The average Bonchev–Trinajstić information content (AvgIpc) is 2.28. The lowest BCUT2D eigenvalue weighted by atomic mass is 10.2. The van der Waals surface area contributed by atoms with Gasteiger partial charge in [0.15, 0.2) is 6.29 Å². The van der Waals surface area contributed by atoms with E-state index in [2.05, 4.69) is 0 Å². The van der Waals surface area contributed by atoms with Crippen molar-refractivity contribution in [2.24, 2.45) is 0 Å². The van der Waals surface area contributed by atoms with Crippen molar-refractivity contribution in [2.75, 3.05) is 13.2 Å². The summed E-state index contributed by atoms with van der Waals surface area (Å²) in [5.41, 5.74) is 0.951. The van der Waals surface area contributed by atoms with Gasteiger partial charge in [-0.3, -0.25) is 0 Å². The Balaban J connectivity index is 2.84. The van der Waals surface area contributed by atoms with Crippen molar-refractivity contribution in [3.05, 3.63) is 29.8 Å². The van der Waals surface area contributed by atoms with Crippen LogP contribution in [0.5, 0.6) is 0 Å². The Morgan fingerprint density at radius 2 is 1.88 bits per heavy atom. The van der Waals surface area contributed by atoms with Crippen molar-refractivity contribution in [3.63, 3.8) is 0 Å². The minimum Gasteiger partial charge on any atom is -0.391 e. The Kier molecular flexibility index (Phi) is 5.07. The molecular weight excluding hydrogens is 244 g/mol. The van der Waals surface area contributed by atoms with Crippen LogP contribution < -0.4 is 0 Å². The second kappa shape index (κ2) is 6.11. The van der Waals surface area contributed by atoms with Crippen LogP contribution in [0.15, 0.2) is 29.2 Å². The highest BCUT2D eigenvalue weighted by molar-refractivity contribution is 7.86. The highest BCUT2D eigenvalue weighted by atomic mass is 32.2. The van der Waals surface area contributed by atoms with Gasteiger partial charge in [-0.1, -0.05) is 17.7 Å². The molecule has 5 nitrogen and oxygen atoms in total. The van der Waals surface area contributed by atoms with E-state index in [0.717, 1.165) is 5.56 Å². The van der Waals surface area contributed by atoms with Crippen molar-refractivity contribution < 1.29 is 22.4 Å². The third-order valence-electron chi connectivity index (χ3n) is 2.05. The van der Waals surface area contributed by atoms with Crippen molar-refractivity contribution in [2.45, 2.75) is 25.0 Å². The van der Waals surface area contributed by atoms with Crippen LogP contribution in [0.1, 0.15) is 12.5 Å². The predicted octanol–water partition coefficient (Wildman–Crippen LogP) is 1.06. The van der Waals surface area contributed by atoms with Crippen LogP contribution >= 0.6 is 0 Å². The monoisotopic (exact) mass is 260 g/mol. The molecule has 0 aliphatic rings. The van der Waals surface area contributed by atoms with E-state index in [0.29, 0.717) is 0 Å². The van der Waals surface area contributed by atoms with E-state index in [-0.39, 0.29) is 11.5 Å². The normalized spacial score (nSPS) is 13.6. The summed E-state index contributed by atoms with van der Waals surface area (Å²) in [7, 11) is -3.90. The summed E-state index contributed by atoms with van der Waals surface area (Å²) in [6, 6.07) is 6.24. The molecule has 17 heavy (non-hydrogen) atoms. The van der Waals surface area contributed by atoms with Gasteiger partial charge >= 0.3 is 0 Å². The minimum absolute atomic E-state index is 0.0428. The molecule has 0 saturated carbocycles. The fraction of sp³-hybridized carbons (Fsp3) is 0.455. The van der Waals surface area contributed by atoms with E-state index in [1.807, 2.05) is 6.92 Å². The number of benzene rings is 1. The molecule has 0 radical (unpaired) electrons. The predicted molar refractivity (Wildman–Crippen MR) is 61.9 cm³/mol. The third kappa shape index (κ3) is 4.08. The van der Waals surface area contributed by atoms with Gasteiger partial charge in [-0.15, -0.1) is 0 Å². The highest BCUT2D eigenvalue weighted by Gasteiger charge is 2.21. The standard InChI is InChI=1S/C11H16O5S/c1-3-15-11(8-12)16-17(13,14)10-6-4-9(2)5-7-10/h4-7,11-12H,3,8H2,1-2H3. The molecule has 0 aromatic heterocycles. The number of aryl methyl sites for hydroxylation is 1. The smallest absolute Gasteiger partial charge is 0.299 e. The van der Waals surface area contributed by atoms with E-state index in [4.69, 9.17) is 14.0 Å². The maximum atomic E-state index is 11.8. The van der Waals surface area contributed by atoms with Crippen LogP contribution in [0.4, 0.5) is 0 Å². The van der Waals surface area contributed by atoms with E-state index >= 15 is 0 Å². The molecule has 0 aliphatic carbocycles. The van der Waals surface area contributed by atoms with Gasteiger partial charge in [-0.2, -0.15) is 8.42 Å². The summed E-state index contributed by atoms with van der Waals surface area (Å²) in [5.74, 6) is 0. The summed E-state index contributed by atoms with van der Waals surface area (Å²) in [5, 5.41) is 8.90. The number of hydrogen-bond acceptors (Lipinski definition) is 5. The Bertz CT molecular complexity index is 437. The first-order valence-electron chi connectivity index (χ1n) is 5.22. The first-order chi connectivity index (χ1) is 7.99. The average molecular weight is 260 g/mol. The summed E-state index contributed by atoms with van der Waals surface area (Å²) in [6.07, 6.45) is -1.16. The van der Waals surface area contributed by atoms with Crippen molar-refractivity contribution in [1.82, 2.24) is 0 Å². The van der Waals surface area contributed by atoms with Crippen molar-refractivity contribution in [1.29, 1.82) is 0 Å². The molecule has 1 unspecified atom stereocenters. The third-order valence-corrected chi connectivity index (χ3v) is 3.36. The van der Waals surface area contributed by atoms with Crippen LogP contribution in [0.3, 0.4) is 0 Å². The zero-order chi connectivity index (χ0) is 12.9. The maximum Gasteiger partial charge on any atom is 0.299 e. The fourth-order valence-electron chi connectivity index (χ4n) is 1.20. The number of rotatable bonds is 6. The van der Waals surface area contributed by atoms with Gasteiger partial charge < -0.3 is 9.84 Å². The lowest BCUT2D eigenvalue weighted by Gasteiger charge is -2.14. The summed E-state index contributed by atoms with van der Waals surface area (Å²) >= 11 is 0. The lowest BCUT2D eigenvalue weighted by molar-refractivity contribution is -0.0991. The molecule has 1 N–H and O–H groups in total. The quantitative estimate of drug-likeness (QED) is 0.611. The zero-order valence-corrected chi connectivity index (χ0v) is 10.6. The topological polar surface area (TPSA) is 72.8 Å². The summed E-state index contributed by atoms with van der Waals surface area (Å²) in [4.78, 5) is 0.0428. The first-order valence-corrected chi connectivity index (χ1v) is 6.63. The van der Waals surface area contributed by atoms with E-state index < -0.39 is 23.0 Å². The fourth-order valence-corrected chi connectivity index (χ4v) is 2.18. The van der Waals surface area contributed by atoms with Crippen LogP contribution in [0.2, 0.25) is 0 Å². The molecule has 1 rings (SSSR count). The molecule has 0 heterocycles. The van der Waals surface area contributed by atoms with Gasteiger partial charge in [0.25, 0.3) is 10.1 Å². The first kappa shape index (κ1) is 14.1. The largest absolute Gasteiger partial charge is 0.391 e. The number of hydrogen-bond donors (Lipinski definition) is 1. The van der Waals surface area contributed by atoms with Gasteiger partial charge in [0, 0.05) is 6.61 Å². The summed E-state index contributed by atoms with van der Waals surface area (Å²) < 4.78 is 33.2. The molecule has 1 aromatic carbocycles. The van der Waals surface area contributed by atoms with Crippen LogP contribution in [0.25, 0.3) is 0 Å². The molecule has 6 heteroatoms. The molecule has 0 spiro atoms. The molecule has 96 valence electrons. The summed E-state index contributed by atoms with van der Waals surface area (Å²) in [6.45, 7) is 3.28. The minimum atomic E-state index is -3.90.